The quantitative estimate of drug-likeness (QED) is 0.490. The van der Waals surface area contributed by atoms with E-state index >= 15 is 0 Å². The smallest absolute Gasteiger partial charge is 0.191 e. The van der Waals surface area contributed by atoms with Gasteiger partial charge in [0.25, 0.3) is 0 Å². The largest absolute Gasteiger partial charge is 0.492 e. The van der Waals surface area contributed by atoms with Gasteiger partial charge in [-0.05, 0) is 31.4 Å². The molecule has 3 atom stereocenters. The number of nitrogens with one attached hydrogen (secondary N) is 2. The lowest BCUT2D eigenvalue weighted by atomic mass is 9.96. The van der Waals surface area contributed by atoms with Crippen molar-refractivity contribution in [2.45, 2.75) is 37.5 Å². The van der Waals surface area contributed by atoms with E-state index in [9.17, 15) is 0 Å². The molecule has 2 saturated heterocycles. The normalized spacial score (nSPS) is 27.7. The summed E-state index contributed by atoms with van der Waals surface area (Å²) in [6.07, 6.45) is 4.27. The Balaban J connectivity index is 1.37. The van der Waals surface area contributed by atoms with Crippen molar-refractivity contribution in [3.8, 4) is 5.75 Å². The topological polar surface area (TPSA) is 54.9 Å². The Bertz CT molecular complexity index is 478. The maximum absolute atomic E-state index is 5.84. The minimum absolute atomic E-state index is 0.356. The Morgan fingerprint density at radius 3 is 2.86 bits per heavy atom. The van der Waals surface area contributed by atoms with Gasteiger partial charge in [-0.3, -0.25) is 4.99 Å². The van der Waals surface area contributed by atoms with Crippen LogP contribution in [0.25, 0.3) is 0 Å². The van der Waals surface area contributed by atoms with Crippen molar-refractivity contribution < 1.29 is 9.47 Å². The molecule has 21 heavy (non-hydrogen) atoms. The monoisotopic (exact) mass is 289 g/mol. The van der Waals surface area contributed by atoms with Crippen LogP contribution >= 0.6 is 0 Å². The van der Waals surface area contributed by atoms with Gasteiger partial charge in [-0.2, -0.15) is 0 Å². The van der Waals surface area contributed by atoms with Crippen LogP contribution in [0.15, 0.2) is 35.3 Å². The van der Waals surface area contributed by atoms with Crippen molar-refractivity contribution in [2.24, 2.45) is 4.99 Å². The first-order chi connectivity index (χ1) is 10.3. The zero-order valence-electron chi connectivity index (χ0n) is 12.4. The van der Waals surface area contributed by atoms with Gasteiger partial charge in [0, 0.05) is 7.05 Å². The highest BCUT2D eigenvalue weighted by molar-refractivity contribution is 5.80. The van der Waals surface area contributed by atoms with Crippen LogP contribution in [0.4, 0.5) is 0 Å². The standard InChI is InChI=1S/C16H23N3O2/c1-17-16(19-14-11-13-7-8-15(14)21-13)18-9-10-20-12-5-3-2-4-6-12/h2-6,13-15H,7-11H2,1H3,(H2,17,18,19). The highest BCUT2D eigenvalue weighted by atomic mass is 16.5. The van der Waals surface area contributed by atoms with E-state index in [-0.39, 0.29) is 0 Å². The first kappa shape index (κ1) is 14.2. The lowest BCUT2D eigenvalue weighted by molar-refractivity contribution is 0.0992. The van der Waals surface area contributed by atoms with E-state index in [1.54, 1.807) is 7.05 Å². The number of nitrogens with zero attached hydrogens (tertiary/aromatic N) is 1. The van der Waals surface area contributed by atoms with E-state index < -0.39 is 0 Å². The zero-order chi connectivity index (χ0) is 14.5. The summed E-state index contributed by atoms with van der Waals surface area (Å²) in [5.74, 6) is 1.72. The Hall–Kier alpha value is -1.75. The van der Waals surface area contributed by atoms with E-state index in [4.69, 9.17) is 9.47 Å². The van der Waals surface area contributed by atoms with Gasteiger partial charge in [0.15, 0.2) is 5.96 Å². The molecular weight excluding hydrogens is 266 g/mol. The molecule has 2 aliphatic rings. The molecule has 2 N–H and O–H groups in total. The highest BCUT2D eigenvalue weighted by Crippen LogP contribution is 2.34. The molecule has 0 aliphatic carbocycles. The Labute approximate surface area is 125 Å². The fraction of sp³-hybridized carbons (Fsp3) is 0.562. The molecule has 2 heterocycles. The summed E-state index contributed by atoms with van der Waals surface area (Å²) in [7, 11) is 1.79. The summed E-state index contributed by atoms with van der Waals surface area (Å²) < 4.78 is 11.5. The molecule has 2 bridgehead atoms. The summed E-state index contributed by atoms with van der Waals surface area (Å²) in [6.45, 7) is 1.33. The van der Waals surface area contributed by atoms with Crippen molar-refractivity contribution >= 4 is 5.96 Å². The van der Waals surface area contributed by atoms with Crippen molar-refractivity contribution in [3.05, 3.63) is 30.3 Å². The number of benzene rings is 1. The maximum atomic E-state index is 5.84. The fourth-order valence-corrected chi connectivity index (χ4v) is 3.02. The van der Waals surface area contributed by atoms with Crippen molar-refractivity contribution in [1.29, 1.82) is 0 Å². The third-order valence-corrected chi connectivity index (χ3v) is 4.06. The van der Waals surface area contributed by atoms with Crippen LogP contribution < -0.4 is 15.4 Å². The van der Waals surface area contributed by atoms with Gasteiger partial charge >= 0.3 is 0 Å². The number of ether oxygens (including phenoxy) is 2. The van der Waals surface area contributed by atoms with E-state index in [0.717, 1.165) is 31.1 Å². The van der Waals surface area contributed by atoms with Gasteiger partial charge in [-0.25, -0.2) is 0 Å². The third-order valence-electron chi connectivity index (χ3n) is 4.06. The maximum Gasteiger partial charge on any atom is 0.191 e. The lowest BCUT2D eigenvalue weighted by Crippen LogP contribution is -2.48. The first-order valence-electron chi connectivity index (χ1n) is 7.65. The van der Waals surface area contributed by atoms with Crippen molar-refractivity contribution in [2.75, 3.05) is 20.2 Å². The summed E-state index contributed by atoms with van der Waals surface area (Å²) in [5, 5.41) is 6.74. The molecule has 3 rings (SSSR count). The van der Waals surface area contributed by atoms with Crippen LogP contribution in [0.5, 0.6) is 5.75 Å². The van der Waals surface area contributed by atoms with Gasteiger partial charge in [0.1, 0.15) is 12.4 Å². The predicted molar refractivity (Wildman–Crippen MR) is 82.7 cm³/mol. The molecular formula is C16H23N3O2. The molecule has 0 saturated carbocycles. The van der Waals surface area contributed by atoms with E-state index in [2.05, 4.69) is 15.6 Å². The van der Waals surface area contributed by atoms with Gasteiger partial charge in [0.05, 0.1) is 24.8 Å². The second-order valence-corrected chi connectivity index (χ2v) is 5.52. The molecule has 1 aromatic rings. The third kappa shape index (κ3) is 3.67. The van der Waals surface area contributed by atoms with Crippen molar-refractivity contribution in [3.63, 3.8) is 0 Å². The lowest BCUT2D eigenvalue weighted by Gasteiger charge is -2.22. The van der Waals surface area contributed by atoms with Crippen LogP contribution in [0, 0.1) is 0 Å². The Morgan fingerprint density at radius 1 is 1.33 bits per heavy atom. The second-order valence-electron chi connectivity index (χ2n) is 5.52. The fourth-order valence-electron chi connectivity index (χ4n) is 3.02. The van der Waals surface area contributed by atoms with E-state index in [1.165, 1.54) is 6.42 Å². The summed E-state index contributed by atoms with van der Waals surface area (Å²) in [5.41, 5.74) is 0. The molecule has 5 heteroatoms. The van der Waals surface area contributed by atoms with Gasteiger partial charge in [-0.1, -0.05) is 18.2 Å². The molecule has 0 spiro atoms. The van der Waals surface area contributed by atoms with Crippen LogP contribution in [-0.4, -0.2) is 44.4 Å². The summed E-state index contributed by atoms with van der Waals surface area (Å²) >= 11 is 0. The molecule has 114 valence electrons. The van der Waals surface area contributed by atoms with Gasteiger partial charge in [-0.15, -0.1) is 0 Å². The van der Waals surface area contributed by atoms with Crippen LogP contribution in [-0.2, 0) is 4.74 Å². The van der Waals surface area contributed by atoms with Crippen LogP contribution in [0.1, 0.15) is 19.3 Å². The van der Waals surface area contributed by atoms with E-state index in [1.807, 2.05) is 30.3 Å². The number of fused-ring (bicyclic) bond motifs is 2. The molecule has 1 aromatic carbocycles. The van der Waals surface area contributed by atoms with Crippen molar-refractivity contribution in [1.82, 2.24) is 10.6 Å². The molecule has 0 amide bonds. The first-order valence-corrected chi connectivity index (χ1v) is 7.65. The average Bonchev–Trinajstić information content (AvgIpc) is 3.14. The second kappa shape index (κ2) is 6.80. The molecule has 3 unspecified atom stereocenters. The number of guanidine groups is 1. The minimum atomic E-state index is 0.356. The number of hydrogen-bond acceptors (Lipinski definition) is 3. The molecule has 2 aliphatic heterocycles. The van der Waals surface area contributed by atoms with Gasteiger partial charge in [0.2, 0.25) is 0 Å². The Morgan fingerprint density at radius 2 is 2.19 bits per heavy atom. The minimum Gasteiger partial charge on any atom is -0.492 e. The van der Waals surface area contributed by atoms with Crippen LogP contribution in [0.2, 0.25) is 0 Å². The summed E-state index contributed by atoms with van der Waals surface area (Å²) in [4.78, 5) is 4.26. The van der Waals surface area contributed by atoms with Gasteiger partial charge < -0.3 is 20.1 Å². The molecule has 2 fully saturated rings. The Kier molecular flexibility index (Phi) is 4.60. The molecule has 0 radical (unpaired) electrons. The summed E-state index contributed by atoms with van der Waals surface area (Å²) in [6, 6.07) is 10.2. The number of para-hydroxylation sites is 1. The molecule has 0 aromatic heterocycles. The molecule has 5 nitrogen and oxygen atoms in total. The SMILES string of the molecule is CN=C(NCCOc1ccccc1)NC1CC2CCC1O2. The highest BCUT2D eigenvalue weighted by Gasteiger charge is 2.41. The van der Waals surface area contributed by atoms with Crippen LogP contribution in [0.3, 0.4) is 0 Å². The van der Waals surface area contributed by atoms with E-state index in [0.29, 0.717) is 24.9 Å². The zero-order valence-corrected chi connectivity index (χ0v) is 12.4. The number of rotatable bonds is 5. The number of aliphatic imine (C=N–C) groups is 1. The number of hydrogen-bond donors (Lipinski definition) is 2. The average molecular weight is 289 g/mol. The predicted octanol–water partition coefficient (Wildman–Crippen LogP) is 1.55.